The summed E-state index contributed by atoms with van der Waals surface area (Å²) < 4.78 is 52.9. The summed E-state index contributed by atoms with van der Waals surface area (Å²) in [6.07, 6.45) is -0.226. The molecule has 2 aliphatic rings. The summed E-state index contributed by atoms with van der Waals surface area (Å²) in [5, 5.41) is 7.43. The van der Waals surface area contributed by atoms with Crippen molar-refractivity contribution in [3.63, 3.8) is 0 Å². The van der Waals surface area contributed by atoms with Gasteiger partial charge in [0.2, 0.25) is 5.91 Å². The molecule has 0 bridgehead atoms. The number of halogens is 3. The number of nitrogens with zero attached hydrogens (tertiary/aromatic N) is 2. The van der Waals surface area contributed by atoms with Gasteiger partial charge in [0.25, 0.3) is 0 Å². The molecule has 1 aliphatic carbocycles. The number of nitrogens with two attached hydrogens (primary N) is 1. The number of primary amides is 1. The Kier molecular flexibility index (Phi) is 9.14. The number of carbonyl (C=O) groups excluding carboxylic acids is 1. The van der Waals surface area contributed by atoms with Crippen molar-refractivity contribution in [1.82, 2.24) is 9.47 Å². The van der Waals surface area contributed by atoms with E-state index in [0.29, 0.717) is 28.6 Å². The molecular formula is C31H36F3N5O3. The fourth-order valence-corrected chi connectivity index (χ4v) is 5.88. The molecule has 0 spiro atoms. The summed E-state index contributed by atoms with van der Waals surface area (Å²) in [5.41, 5.74) is 7.81. The monoisotopic (exact) mass is 583 g/mol. The zero-order valence-electron chi connectivity index (χ0n) is 23.6. The van der Waals surface area contributed by atoms with Gasteiger partial charge in [-0.1, -0.05) is 12.0 Å². The lowest BCUT2D eigenvalue weighted by Gasteiger charge is -2.39. The molecule has 42 heavy (non-hydrogen) atoms. The van der Waals surface area contributed by atoms with Crippen molar-refractivity contribution in [2.75, 3.05) is 50.6 Å². The molecule has 1 aromatic heterocycles. The Morgan fingerprint density at radius 1 is 1.10 bits per heavy atom. The molecule has 2 fully saturated rings. The minimum Gasteiger partial charge on any atom is -0.495 e. The van der Waals surface area contributed by atoms with Crippen LogP contribution in [0.1, 0.15) is 41.7 Å². The van der Waals surface area contributed by atoms with Crippen molar-refractivity contribution >= 4 is 28.2 Å². The van der Waals surface area contributed by atoms with Gasteiger partial charge in [-0.25, -0.2) is 0 Å². The molecule has 5 rings (SSSR count). The molecule has 11 heteroatoms. The third-order valence-electron chi connectivity index (χ3n) is 7.97. The number of morpholine rings is 1. The number of ether oxygens (including phenoxy) is 2. The summed E-state index contributed by atoms with van der Waals surface area (Å²) in [6, 6.07) is 12.7. The third kappa shape index (κ3) is 7.12. The highest BCUT2D eigenvalue weighted by Gasteiger charge is 2.31. The summed E-state index contributed by atoms with van der Waals surface area (Å²) in [7, 11) is 1.47. The summed E-state index contributed by atoms with van der Waals surface area (Å²) in [4.78, 5) is 14.0. The second-order valence-corrected chi connectivity index (χ2v) is 10.7. The molecule has 2 aromatic carbocycles. The predicted octanol–water partition coefficient (Wildman–Crippen LogP) is 4.83. The van der Waals surface area contributed by atoms with Crippen molar-refractivity contribution < 1.29 is 27.4 Å². The highest BCUT2D eigenvalue weighted by molar-refractivity contribution is 5.94. The number of aromatic nitrogens is 1. The first kappa shape index (κ1) is 29.6. The zero-order valence-corrected chi connectivity index (χ0v) is 23.6. The maximum atomic E-state index is 13.6. The number of anilines is 2. The third-order valence-corrected chi connectivity index (χ3v) is 7.97. The second kappa shape index (κ2) is 13.0. The number of rotatable bonds is 8. The molecule has 3 aromatic rings. The van der Waals surface area contributed by atoms with Crippen LogP contribution in [0.5, 0.6) is 5.75 Å². The van der Waals surface area contributed by atoms with Crippen LogP contribution in [0, 0.1) is 11.8 Å². The van der Waals surface area contributed by atoms with Crippen LogP contribution in [0.3, 0.4) is 0 Å². The van der Waals surface area contributed by atoms with Crippen molar-refractivity contribution in [3.05, 3.63) is 53.7 Å². The molecule has 0 atom stereocenters. The van der Waals surface area contributed by atoms with Crippen LogP contribution < -0.4 is 21.1 Å². The molecule has 1 aliphatic heterocycles. The molecule has 1 saturated carbocycles. The van der Waals surface area contributed by atoms with Gasteiger partial charge in [-0.05, 0) is 68.0 Å². The smallest absolute Gasteiger partial charge is 0.406 e. The van der Waals surface area contributed by atoms with Gasteiger partial charge < -0.3 is 30.4 Å². The number of methoxy groups -OCH3 is 1. The summed E-state index contributed by atoms with van der Waals surface area (Å²) >= 11 is 0. The molecule has 4 N–H and O–H groups in total. The van der Waals surface area contributed by atoms with E-state index in [1.807, 2.05) is 6.07 Å². The number of benzene rings is 2. The van der Waals surface area contributed by atoms with Crippen molar-refractivity contribution in [2.24, 2.45) is 5.73 Å². The van der Waals surface area contributed by atoms with E-state index in [-0.39, 0.29) is 18.3 Å². The second-order valence-electron chi connectivity index (χ2n) is 10.7. The number of carbonyl (C=O) groups is 1. The predicted molar refractivity (Wildman–Crippen MR) is 157 cm³/mol. The molecule has 0 unspecified atom stereocenters. The van der Waals surface area contributed by atoms with E-state index in [2.05, 4.69) is 27.4 Å². The van der Waals surface area contributed by atoms with E-state index in [0.717, 1.165) is 63.1 Å². The lowest BCUT2D eigenvalue weighted by Crippen LogP contribution is -2.46. The standard InChI is InChI=1S/C31H36F3N5O3/c1-41-29-18-21(30(35)40)7-12-27(29)36-13-3-4-24-19-25-26(5-2-6-28(25)39(24)20-31(32,33)34)37-22-8-10-23(11-9-22)38-14-16-42-17-15-38/h2,5-7,12,18-19,22-23,36-37H,8-11,13-17,20H2,1H3,(H2,35,40). The van der Waals surface area contributed by atoms with E-state index >= 15 is 0 Å². The Bertz CT molecular complexity index is 1460. The van der Waals surface area contributed by atoms with Crippen molar-refractivity contribution in [1.29, 1.82) is 0 Å². The molecule has 8 nitrogen and oxygen atoms in total. The van der Waals surface area contributed by atoms with E-state index in [9.17, 15) is 18.0 Å². The Labute approximate surface area is 243 Å². The lowest BCUT2D eigenvalue weighted by atomic mass is 9.89. The molecule has 2 heterocycles. The first-order valence-corrected chi connectivity index (χ1v) is 14.2. The Morgan fingerprint density at radius 3 is 2.55 bits per heavy atom. The lowest BCUT2D eigenvalue weighted by molar-refractivity contribution is -0.140. The molecule has 1 amide bonds. The van der Waals surface area contributed by atoms with Gasteiger partial charge in [0.15, 0.2) is 0 Å². The quantitative estimate of drug-likeness (QED) is 0.329. The molecule has 1 saturated heterocycles. The minimum absolute atomic E-state index is 0.150. The van der Waals surface area contributed by atoms with Crippen molar-refractivity contribution in [2.45, 2.75) is 50.5 Å². The number of hydrogen-bond acceptors (Lipinski definition) is 6. The average molecular weight is 584 g/mol. The van der Waals surface area contributed by atoms with Gasteiger partial charge in [0.1, 0.15) is 12.3 Å². The Hall–Kier alpha value is -3.88. The van der Waals surface area contributed by atoms with Crippen LogP contribution >= 0.6 is 0 Å². The van der Waals surface area contributed by atoms with Gasteiger partial charge in [-0.15, -0.1) is 0 Å². The topological polar surface area (TPSA) is 93.8 Å². The van der Waals surface area contributed by atoms with Crippen molar-refractivity contribution in [3.8, 4) is 17.6 Å². The summed E-state index contributed by atoms with van der Waals surface area (Å²) in [5.74, 6) is 5.69. The van der Waals surface area contributed by atoms with Gasteiger partial charge in [0, 0.05) is 41.8 Å². The molecule has 0 radical (unpaired) electrons. The maximum Gasteiger partial charge on any atom is 0.406 e. The number of alkyl halides is 3. The van der Waals surface area contributed by atoms with Gasteiger partial charge >= 0.3 is 6.18 Å². The first-order chi connectivity index (χ1) is 20.2. The fraction of sp³-hybridized carbons (Fsp3) is 0.452. The van der Waals surface area contributed by atoms with Gasteiger partial charge in [0.05, 0.1) is 43.8 Å². The van der Waals surface area contributed by atoms with Crippen LogP contribution in [-0.4, -0.2) is 73.6 Å². The molecular weight excluding hydrogens is 547 g/mol. The minimum atomic E-state index is -4.41. The number of nitrogens with one attached hydrogen (secondary N) is 2. The van der Waals surface area contributed by atoms with Crippen LogP contribution in [0.25, 0.3) is 10.9 Å². The number of fused-ring (bicyclic) bond motifs is 1. The van der Waals surface area contributed by atoms with Crippen LogP contribution in [0.4, 0.5) is 24.5 Å². The van der Waals surface area contributed by atoms with Crippen LogP contribution in [0.2, 0.25) is 0 Å². The molecule has 224 valence electrons. The highest BCUT2D eigenvalue weighted by Crippen LogP contribution is 2.33. The highest BCUT2D eigenvalue weighted by atomic mass is 19.4. The number of amides is 1. The largest absolute Gasteiger partial charge is 0.495 e. The zero-order chi connectivity index (χ0) is 29.7. The fourth-order valence-electron chi connectivity index (χ4n) is 5.88. The SMILES string of the molecule is COc1cc(C(N)=O)ccc1NCC#Cc1cc2c(NC3CCC(N4CCOCC4)CC3)cccc2n1CC(F)(F)F. The van der Waals surface area contributed by atoms with Gasteiger partial charge in [-0.2, -0.15) is 13.2 Å². The van der Waals surface area contributed by atoms with E-state index in [4.69, 9.17) is 15.2 Å². The Balaban J connectivity index is 1.32. The van der Waals surface area contributed by atoms with Gasteiger partial charge in [-0.3, -0.25) is 9.69 Å². The van der Waals surface area contributed by atoms with E-state index in [1.54, 1.807) is 30.3 Å². The summed E-state index contributed by atoms with van der Waals surface area (Å²) in [6.45, 7) is 2.54. The average Bonchev–Trinajstić information content (AvgIpc) is 3.32. The van der Waals surface area contributed by atoms with Crippen LogP contribution in [-0.2, 0) is 11.3 Å². The number of hydrogen-bond donors (Lipinski definition) is 3. The first-order valence-electron chi connectivity index (χ1n) is 14.2. The van der Waals surface area contributed by atoms with E-state index < -0.39 is 18.6 Å². The van der Waals surface area contributed by atoms with Crippen LogP contribution in [0.15, 0.2) is 42.5 Å². The van der Waals surface area contributed by atoms with E-state index in [1.165, 1.54) is 17.7 Å². The maximum absolute atomic E-state index is 13.6. The normalized spacial score (nSPS) is 19.6. The Morgan fingerprint density at radius 2 is 1.86 bits per heavy atom.